The number of hydrogen-bond donors (Lipinski definition) is 0. The van der Waals surface area contributed by atoms with Crippen molar-refractivity contribution in [2.75, 3.05) is 0 Å². The highest BCUT2D eigenvalue weighted by Gasteiger charge is 2.20. The Balaban J connectivity index is 2.74. The molecule has 0 amide bonds. The highest BCUT2D eigenvalue weighted by molar-refractivity contribution is 9.13. The molecule has 7 heteroatoms. The van der Waals surface area contributed by atoms with Crippen molar-refractivity contribution in [1.82, 2.24) is 0 Å². The highest BCUT2D eigenvalue weighted by atomic mass is 79.9. The zero-order chi connectivity index (χ0) is 12.3. The Hall–Kier alpha value is 1.54. The fourth-order valence-corrected chi connectivity index (χ4v) is 8.44. The largest absolute Gasteiger partial charge is 0.135 e. The van der Waals surface area contributed by atoms with Gasteiger partial charge in [0.05, 0.1) is 11.4 Å². The molecule has 0 saturated heterocycles. The summed E-state index contributed by atoms with van der Waals surface area (Å²) in [5, 5.41) is 7.14. The number of fused-ring (bicyclic) bond motifs is 3. The van der Waals surface area contributed by atoms with E-state index in [0.29, 0.717) is 0 Å². The van der Waals surface area contributed by atoms with Crippen molar-refractivity contribution in [2.45, 2.75) is 0 Å². The second-order valence-corrected chi connectivity index (χ2v) is 10.8. The summed E-state index contributed by atoms with van der Waals surface area (Å²) in [6, 6.07) is 0. The van der Waals surface area contributed by atoms with E-state index in [4.69, 9.17) is 0 Å². The maximum Gasteiger partial charge on any atom is 0.0801 e. The lowest BCUT2D eigenvalue weighted by molar-refractivity contribution is 1.78. The predicted molar refractivity (Wildman–Crippen MR) is 95.7 cm³/mol. The molecule has 0 aliphatic rings. The van der Waals surface area contributed by atoms with Crippen molar-refractivity contribution < 1.29 is 0 Å². The van der Waals surface area contributed by atoms with Gasteiger partial charge in [0.2, 0.25) is 0 Å². The molecule has 0 N–H and O–H groups in total. The van der Waals surface area contributed by atoms with Crippen molar-refractivity contribution in [1.29, 1.82) is 0 Å². The zero-order valence-electron chi connectivity index (χ0n) is 7.78. The summed E-state index contributed by atoms with van der Waals surface area (Å²) in [4.78, 5) is 0. The summed E-state index contributed by atoms with van der Waals surface area (Å²) in [5.74, 6) is 0. The first kappa shape index (κ1) is 13.5. The minimum absolute atomic E-state index is 1.09. The van der Waals surface area contributed by atoms with Crippen LogP contribution in [0.4, 0.5) is 0 Å². The first-order valence-electron chi connectivity index (χ1n) is 4.33. The van der Waals surface area contributed by atoms with E-state index in [1.54, 1.807) is 22.7 Å². The molecule has 3 aromatic rings. The standard InChI is InChI=1S/C10HBr5S2/c11-6-4-2(1-16-8(4)13)3-5(7(6)12)10(15)17-9(3)14/h1H. The highest BCUT2D eigenvalue weighted by Crippen LogP contribution is 2.51. The second kappa shape index (κ2) is 4.82. The van der Waals surface area contributed by atoms with Gasteiger partial charge in [0, 0.05) is 35.9 Å². The smallest absolute Gasteiger partial charge is 0.0801 e. The van der Waals surface area contributed by atoms with Crippen LogP contribution < -0.4 is 0 Å². The van der Waals surface area contributed by atoms with Crippen LogP contribution in [-0.2, 0) is 0 Å². The van der Waals surface area contributed by atoms with Gasteiger partial charge < -0.3 is 0 Å². The molecule has 0 radical (unpaired) electrons. The lowest BCUT2D eigenvalue weighted by Gasteiger charge is -2.04. The van der Waals surface area contributed by atoms with Gasteiger partial charge >= 0.3 is 0 Å². The molecule has 1 aromatic carbocycles. The normalized spacial score (nSPS) is 11.8. The fourth-order valence-electron chi connectivity index (χ4n) is 1.76. The molecule has 0 nitrogen and oxygen atoms in total. The van der Waals surface area contributed by atoms with Crippen molar-refractivity contribution in [3.63, 3.8) is 0 Å². The molecular weight excluding hydrogens is 584 g/mol. The van der Waals surface area contributed by atoms with E-state index in [2.05, 4.69) is 85.0 Å². The summed E-state index contributed by atoms with van der Waals surface area (Å²) >= 11 is 21.6. The third-order valence-electron chi connectivity index (χ3n) is 2.47. The average Bonchev–Trinajstić information content (AvgIpc) is 2.77. The van der Waals surface area contributed by atoms with E-state index in [1.807, 2.05) is 0 Å². The van der Waals surface area contributed by atoms with E-state index in [1.165, 1.54) is 21.5 Å². The second-order valence-electron chi connectivity index (χ2n) is 3.33. The molecule has 0 aliphatic carbocycles. The lowest BCUT2D eigenvalue weighted by Crippen LogP contribution is -1.77. The van der Waals surface area contributed by atoms with Crippen LogP contribution in [0.1, 0.15) is 0 Å². The molecule has 2 aromatic heterocycles. The van der Waals surface area contributed by atoms with Crippen LogP contribution in [0, 0.1) is 0 Å². The summed E-state index contributed by atoms with van der Waals surface area (Å²) in [6.07, 6.45) is 0. The van der Waals surface area contributed by atoms with Crippen LogP contribution in [0.3, 0.4) is 0 Å². The molecule has 2 heterocycles. The van der Waals surface area contributed by atoms with Gasteiger partial charge in [-0.05, 0) is 79.6 Å². The number of thiophene rings is 2. The first-order valence-corrected chi connectivity index (χ1v) is 9.99. The van der Waals surface area contributed by atoms with Crippen molar-refractivity contribution >= 4 is 124 Å². The van der Waals surface area contributed by atoms with Crippen LogP contribution in [-0.4, -0.2) is 0 Å². The SMILES string of the molecule is Brc1scc2c1c(Br)c(Br)c1c(Br)sc(Br)c12. The van der Waals surface area contributed by atoms with E-state index in [0.717, 1.165) is 20.3 Å². The molecule has 0 bridgehead atoms. The van der Waals surface area contributed by atoms with Crippen LogP contribution in [0.5, 0.6) is 0 Å². The molecule has 88 valence electrons. The van der Waals surface area contributed by atoms with Crippen molar-refractivity contribution in [2.24, 2.45) is 0 Å². The van der Waals surface area contributed by atoms with Gasteiger partial charge in [0.1, 0.15) is 0 Å². The Morgan fingerprint density at radius 2 is 1.29 bits per heavy atom. The van der Waals surface area contributed by atoms with Gasteiger partial charge in [-0.15, -0.1) is 22.7 Å². The summed E-state index contributed by atoms with van der Waals surface area (Å²) in [6.45, 7) is 0. The van der Waals surface area contributed by atoms with E-state index >= 15 is 0 Å². The first-order chi connectivity index (χ1) is 8.02. The molecule has 0 saturated carbocycles. The van der Waals surface area contributed by atoms with Crippen LogP contribution in [0.25, 0.3) is 21.5 Å². The van der Waals surface area contributed by atoms with E-state index < -0.39 is 0 Å². The third kappa shape index (κ3) is 1.96. The number of benzene rings is 1. The summed E-state index contributed by atoms with van der Waals surface area (Å²) < 4.78 is 5.63. The van der Waals surface area contributed by atoms with Gasteiger partial charge in [-0.1, -0.05) is 0 Å². The number of halogens is 5. The maximum absolute atomic E-state index is 3.68. The Morgan fingerprint density at radius 3 is 2.00 bits per heavy atom. The Labute approximate surface area is 147 Å². The van der Waals surface area contributed by atoms with Crippen LogP contribution in [0.2, 0.25) is 0 Å². The number of hydrogen-bond acceptors (Lipinski definition) is 2. The van der Waals surface area contributed by atoms with Crippen LogP contribution >= 0.6 is 102 Å². The molecule has 3 rings (SSSR count). The number of rotatable bonds is 0. The minimum Gasteiger partial charge on any atom is -0.135 e. The van der Waals surface area contributed by atoms with E-state index in [9.17, 15) is 0 Å². The van der Waals surface area contributed by atoms with Gasteiger partial charge in [-0.2, -0.15) is 0 Å². The molecule has 17 heavy (non-hydrogen) atoms. The van der Waals surface area contributed by atoms with Crippen molar-refractivity contribution in [3.8, 4) is 0 Å². The molecule has 0 spiro atoms. The topological polar surface area (TPSA) is 0 Å². The van der Waals surface area contributed by atoms with Gasteiger partial charge in [-0.25, -0.2) is 0 Å². The molecular formula is C10HBr5S2. The van der Waals surface area contributed by atoms with Crippen LogP contribution in [0.15, 0.2) is 25.7 Å². The maximum atomic E-state index is 3.68. The molecule has 0 unspecified atom stereocenters. The third-order valence-corrected chi connectivity index (χ3v) is 8.84. The fraction of sp³-hybridized carbons (Fsp3) is 0. The summed E-state index contributed by atoms with van der Waals surface area (Å²) in [7, 11) is 0. The average molecular weight is 585 g/mol. The molecule has 0 aliphatic heterocycles. The van der Waals surface area contributed by atoms with E-state index in [-0.39, 0.29) is 0 Å². The molecule has 0 fully saturated rings. The van der Waals surface area contributed by atoms with Gasteiger partial charge in [-0.3, -0.25) is 0 Å². The quantitative estimate of drug-likeness (QED) is 0.252. The van der Waals surface area contributed by atoms with Gasteiger partial charge in [0.25, 0.3) is 0 Å². The Bertz CT molecular complexity index is 755. The monoisotopic (exact) mass is 580 g/mol. The Morgan fingerprint density at radius 1 is 0.706 bits per heavy atom. The predicted octanol–water partition coefficient (Wildman–Crippen LogP) is 7.93. The van der Waals surface area contributed by atoms with Gasteiger partial charge in [0.15, 0.2) is 0 Å². The van der Waals surface area contributed by atoms with Crippen molar-refractivity contribution in [3.05, 3.63) is 25.7 Å². The minimum atomic E-state index is 1.09. The Kier molecular flexibility index (Phi) is 3.84. The summed E-state index contributed by atoms with van der Waals surface area (Å²) in [5.41, 5.74) is 0. The lowest BCUT2D eigenvalue weighted by atomic mass is 10.1. The zero-order valence-corrected chi connectivity index (χ0v) is 17.3. The molecule has 0 atom stereocenters.